The third kappa shape index (κ3) is 45.9. The Kier molecular flexibility index (Phi) is 53.8. The molecule has 0 fully saturated rings. The van der Waals surface area contributed by atoms with E-state index in [-0.39, 0.29) is 37.1 Å². The molecule has 0 aliphatic heterocycles. The van der Waals surface area contributed by atoms with Crippen LogP contribution in [0.2, 0.25) is 0 Å². The fourth-order valence-electron chi connectivity index (χ4n) is 5.61. The molecule has 6 rings (SSSR count). The summed E-state index contributed by atoms with van der Waals surface area (Å²) in [5.74, 6) is 1.53. The summed E-state index contributed by atoms with van der Waals surface area (Å²) in [6.45, 7) is 15.9. The van der Waals surface area contributed by atoms with Crippen LogP contribution in [0.4, 0.5) is 20.2 Å². The van der Waals surface area contributed by atoms with Crippen LogP contribution in [0.3, 0.4) is 0 Å². The predicted molar refractivity (Wildman–Crippen MR) is 323 cm³/mol. The van der Waals surface area contributed by atoms with Crippen LogP contribution < -0.4 is 10.6 Å². The summed E-state index contributed by atoms with van der Waals surface area (Å²) in [4.78, 5) is 36.3. The third-order valence-corrected chi connectivity index (χ3v) is 10.0. The van der Waals surface area contributed by atoms with Crippen LogP contribution in [0.5, 0.6) is 0 Å². The number of nitriles is 1. The number of methoxy groups -OCH3 is 4. The number of anilines is 2. The molecule has 88 heavy (non-hydrogen) atoms. The second-order valence-electron chi connectivity index (χ2n) is 16.3. The number of carbonyl (C=O) groups is 3. The van der Waals surface area contributed by atoms with Gasteiger partial charge in [0, 0.05) is 58.3 Å². The lowest BCUT2D eigenvalue weighted by atomic mass is 10.2. The zero-order valence-corrected chi connectivity index (χ0v) is 51.8. The number of aliphatic hydroxyl groups excluding tert-OH is 2. The number of halogens is 3. The van der Waals surface area contributed by atoms with Crippen LogP contribution in [-0.4, -0.2) is 175 Å². The maximum atomic E-state index is 12.9. The van der Waals surface area contributed by atoms with Gasteiger partial charge in [-0.2, -0.15) is 5.26 Å². The second kappa shape index (κ2) is 58.7. The highest BCUT2D eigenvalue weighted by Gasteiger charge is 2.12. The van der Waals surface area contributed by atoms with Crippen molar-refractivity contribution >= 4 is 51.5 Å². The first-order valence-corrected chi connectivity index (χ1v) is 28.0. The third-order valence-electron chi connectivity index (χ3n) is 9.70. The van der Waals surface area contributed by atoms with E-state index in [4.69, 9.17) is 86.6 Å². The van der Waals surface area contributed by atoms with E-state index in [1.807, 2.05) is 18.2 Å². The smallest absolute Gasteiger partial charge is 0.304 e. The van der Waals surface area contributed by atoms with Crippen LogP contribution in [0.15, 0.2) is 133 Å². The molecule has 4 N–H and O–H groups in total. The minimum atomic E-state index is -0.614. The number of benzene rings is 2. The van der Waals surface area contributed by atoms with Crippen LogP contribution in [0.1, 0.15) is 39.4 Å². The molecule has 2 amide bonds. The van der Waals surface area contributed by atoms with Gasteiger partial charge in [-0.3, -0.25) is 14.4 Å². The Morgan fingerprint density at radius 1 is 0.568 bits per heavy atom. The number of nitrogens with one attached hydrogen (secondary N) is 2. The molecular formula is C61H81BrF2N4O20. The molecule has 2 aromatic carbocycles. The van der Waals surface area contributed by atoms with E-state index in [1.165, 1.54) is 60.9 Å². The Hall–Kier alpha value is -7.29. The van der Waals surface area contributed by atoms with Crippen molar-refractivity contribution in [2.75, 3.05) is 157 Å². The molecule has 27 heteroatoms. The van der Waals surface area contributed by atoms with Crippen molar-refractivity contribution in [2.45, 2.75) is 26.4 Å². The van der Waals surface area contributed by atoms with Gasteiger partial charge in [-0.15, -0.1) is 0 Å². The van der Waals surface area contributed by atoms with Gasteiger partial charge < -0.3 is 95.5 Å². The SMILES string of the molecule is CO.COCCOCCBr.COCCOCCOCc1ccc(/C=C(\C#N)C(=O)Nc2ccc(F)cc2)o1.COCCOCCOCc1ccc(C=O)o1.COCCOCCOCc1ccco1.OCc1ccco1.[C-]#[N+]CC(=O)Nc1ccc(F)cc1. The first kappa shape index (κ1) is 80.7. The van der Waals surface area contributed by atoms with Gasteiger partial charge in [-0.05, 0) is 97.1 Å². The first-order valence-electron chi connectivity index (χ1n) is 26.8. The van der Waals surface area contributed by atoms with Crippen LogP contribution in [-0.2, 0) is 88.1 Å². The fourth-order valence-corrected chi connectivity index (χ4v) is 5.84. The van der Waals surface area contributed by atoms with Crippen molar-refractivity contribution in [1.29, 1.82) is 5.26 Å². The van der Waals surface area contributed by atoms with Crippen molar-refractivity contribution < 1.29 is 103 Å². The Balaban J connectivity index is 0.00000109. The van der Waals surface area contributed by atoms with Crippen molar-refractivity contribution in [3.8, 4) is 6.07 Å². The standard InChI is InChI=1S/C20H21FN2O5.C11H16O5.C10H16O4.C9H7FN2O.C5H11BrO2.C5H6O2.CH4O/c1-25-8-9-26-10-11-27-14-19-7-6-18(28-19)12-15(13-22)20(24)23-17-4-2-16(21)3-5-17;1-13-4-5-14-6-7-15-9-11-3-2-10(8-12)16-11;1-11-5-6-12-7-8-13-9-10-3-2-4-14-10;1-11-6-9(13)12-8-4-2-7(10)3-5-8;1-7-4-5-8-3-2-6;6-4-5-2-1-3-7-5;1-2/h2-7,12H,8-11,14H2,1H3,(H,23,24);2-3,8H,4-7,9H2,1H3;2-4H,5-9H2,1H3;2-5H,6H2,(H,12,13);2-5H2,1H3;1-3,6H,4H2;2H,1H3/b15-12+;;;;;;. The van der Waals surface area contributed by atoms with Gasteiger partial charge in [0.25, 0.3) is 12.5 Å². The molecule has 4 heterocycles. The van der Waals surface area contributed by atoms with Gasteiger partial charge in [0.2, 0.25) is 0 Å². The number of furan rings is 4. The molecule has 0 unspecified atom stereocenters. The fraction of sp³-hybridized carbons (Fsp3) is 0.426. The molecule has 4 aromatic heterocycles. The number of hydrogen-bond donors (Lipinski definition) is 4. The Labute approximate surface area is 520 Å². The highest BCUT2D eigenvalue weighted by molar-refractivity contribution is 9.09. The van der Waals surface area contributed by atoms with E-state index in [1.54, 1.807) is 71.1 Å². The first-order chi connectivity index (χ1) is 43.0. The van der Waals surface area contributed by atoms with E-state index >= 15 is 0 Å². The number of carbonyl (C=O) groups excluding carboxylic acids is 3. The summed E-state index contributed by atoms with van der Waals surface area (Å²) in [7, 11) is 7.54. The Morgan fingerprint density at radius 2 is 0.966 bits per heavy atom. The topological polar surface area (TPSA) is 298 Å². The Morgan fingerprint density at radius 3 is 1.34 bits per heavy atom. The molecule has 0 aliphatic carbocycles. The van der Waals surface area contributed by atoms with E-state index in [0.29, 0.717) is 152 Å². The number of aliphatic hydroxyl groups is 2. The van der Waals surface area contributed by atoms with E-state index in [2.05, 4.69) is 31.4 Å². The highest BCUT2D eigenvalue weighted by Crippen LogP contribution is 2.16. The number of hydrogen-bond acceptors (Lipinski definition) is 21. The number of alkyl halides is 1. The van der Waals surface area contributed by atoms with Crippen molar-refractivity contribution in [1.82, 2.24) is 0 Å². The molecule has 0 spiro atoms. The molecule has 486 valence electrons. The molecular weight excluding hydrogens is 1230 g/mol. The predicted octanol–water partition coefficient (Wildman–Crippen LogP) is 8.98. The average molecular weight is 1310 g/mol. The maximum Gasteiger partial charge on any atom is 0.304 e. The van der Waals surface area contributed by atoms with Gasteiger partial charge in [0.15, 0.2) is 12.0 Å². The average Bonchev–Trinajstić information content (AvgIpc) is 4.49. The minimum Gasteiger partial charge on any atom is -0.467 e. The minimum absolute atomic E-state index is 0.00694. The summed E-state index contributed by atoms with van der Waals surface area (Å²) >= 11 is 3.24. The summed E-state index contributed by atoms with van der Waals surface area (Å²) < 4.78 is 102. The molecule has 0 saturated carbocycles. The summed E-state index contributed by atoms with van der Waals surface area (Å²) in [5.41, 5.74) is 0.738. The molecule has 0 atom stereocenters. The molecule has 6 aromatic rings. The normalized spacial score (nSPS) is 10.2. The van der Waals surface area contributed by atoms with E-state index in [0.717, 1.165) is 24.8 Å². The number of nitrogens with zero attached hydrogens (tertiary/aromatic N) is 2. The molecule has 24 nitrogen and oxygen atoms in total. The van der Waals surface area contributed by atoms with Gasteiger partial charge in [-0.1, -0.05) is 15.9 Å². The van der Waals surface area contributed by atoms with Crippen LogP contribution in [0.25, 0.3) is 10.9 Å². The number of amides is 2. The largest absolute Gasteiger partial charge is 0.467 e. The molecule has 0 bridgehead atoms. The van der Waals surface area contributed by atoms with E-state index in [9.17, 15) is 28.4 Å². The lowest BCUT2D eigenvalue weighted by molar-refractivity contribution is -0.114. The summed E-state index contributed by atoms with van der Waals surface area (Å²) in [6.07, 6.45) is 5.16. The van der Waals surface area contributed by atoms with Crippen molar-refractivity contribution in [3.63, 3.8) is 0 Å². The number of rotatable bonds is 36. The maximum absolute atomic E-state index is 12.9. The number of ether oxygens (including phenoxy) is 11. The molecule has 0 aliphatic rings. The van der Waals surface area contributed by atoms with Crippen LogP contribution >= 0.6 is 15.9 Å². The zero-order valence-electron chi connectivity index (χ0n) is 50.2. The van der Waals surface area contributed by atoms with Crippen molar-refractivity contribution in [3.05, 3.63) is 173 Å². The molecule has 0 saturated heterocycles. The van der Waals surface area contributed by atoms with Crippen molar-refractivity contribution in [2.24, 2.45) is 0 Å². The van der Waals surface area contributed by atoms with Gasteiger partial charge in [0.1, 0.15) is 78.5 Å². The van der Waals surface area contributed by atoms with E-state index < -0.39 is 11.7 Å². The van der Waals surface area contributed by atoms with Crippen LogP contribution in [0, 0.1) is 29.5 Å². The lowest BCUT2D eigenvalue weighted by Crippen LogP contribution is -2.13. The lowest BCUT2D eigenvalue weighted by Gasteiger charge is -2.04. The number of aldehydes is 1. The van der Waals surface area contributed by atoms with Gasteiger partial charge >= 0.3 is 5.91 Å². The summed E-state index contributed by atoms with van der Waals surface area (Å²) in [5, 5.41) is 30.4. The quantitative estimate of drug-likeness (QED) is 0.00712. The van der Waals surface area contributed by atoms with Gasteiger partial charge in [-0.25, -0.2) is 15.4 Å². The zero-order chi connectivity index (χ0) is 64.9. The summed E-state index contributed by atoms with van der Waals surface area (Å²) in [6, 6.07) is 26.3. The molecule has 0 radical (unpaired) electrons. The highest BCUT2D eigenvalue weighted by atomic mass is 79.9. The second-order valence-corrected chi connectivity index (χ2v) is 17.1. The van der Waals surface area contributed by atoms with Gasteiger partial charge in [0.05, 0.1) is 112 Å². The Bertz CT molecular complexity index is 2670. The monoisotopic (exact) mass is 1310 g/mol.